The Morgan fingerprint density at radius 2 is 1.90 bits per heavy atom. The van der Waals surface area contributed by atoms with Crippen LogP contribution in [0.3, 0.4) is 0 Å². The highest BCUT2D eigenvalue weighted by Gasteiger charge is 2.53. The molecule has 1 atom stereocenters. The standard InChI is InChI=1S/C17H14ClNO/c18-13-7-8-14-15(11-13)17(12-5-2-1-3-6-12)9-4-10-19(17)16(14)20/h1-3,5-8,11H,4,9-10H2. The summed E-state index contributed by atoms with van der Waals surface area (Å²) >= 11 is 6.18. The summed E-state index contributed by atoms with van der Waals surface area (Å²) in [5, 5.41) is 0.695. The zero-order valence-corrected chi connectivity index (χ0v) is 11.7. The van der Waals surface area contributed by atoms with E-state index < -0.39 is 0 Å². The van der Waals surface area contributed by atoms with Crippen LogP contribution in [0.4, 0.5) is 0 Å². The van der Waals surface area contributed by atoms with E-state index in [2.05, 4.69) is 12.1 Å². The lowest BCUT2D eigenvalue weighted by Gasteiger charge is -2.33. The van der Waals surface area contributed by atoms with Gasteiger partial charge in [0.1, 0.15) is 0 Å². The van der Waals surface area contributed by atoms with Crippen molar-refractivity contribution in [3.8, 4) is 0 Å². The minimum absolute atomic E-state index is 0.137. The van der Waals surface area contributed by atoms with E-state index in [1.807, 2.05) is 35.2 Å². The molecule has 0 saturated carbocycles. The fraction of sp³-hybridized carbons (Fsp3) is 0.235. The van der Waals surface area contributed by atoms with E-state index in [0.717, 1.165) is 30.5 Å². The van der Waals surface area contributed by atoms with Crippen molar-refractivity contribution in [3.05, 3.63) is 70.2 Å². The molecule has 2 aromatic carbocycles. The average Bonchev–Trinajstić information content (AvgIpc) is 3.01. The zero-order chi connectivity index (χ0) is 13.7. The molecule has 2 aliphatic rings. The summed E-state index contributed by atoms with van der Waals surface area (Å²) < 4.78 is 0. The van der Waals surface area contributed by atoms with Gasteiger partial charge in [0.15, 0.2) is 0 Å². The van der Waals surface area contributed by atoms with Gasteiger partial charge in [-0.2, -0.15) is 0 Å². The maximum Gasteiger partial charge on any atom is 0.255 e. The zero-order valence-electron chi connectivity index (χ0n) is 11.0. The smallest absolute Gasteiger partial charge is 0.255 e. The second-order valence-corrected chi connectivity index (χ2v) is 5.91. The van der Waals surface area contributed by atoms with Gasteiger partial charge in [0.2, 0.25) is 0 Å². The fourth-order valence-corrected chi connectivity index (χ4v) is 3.91. The molecule has 0 N–H and O–H groups in total. The van der Waals surface area contributed by atoms with E-state index in [1.165, 1.54) is 5.56 Å². The number of benzene rings is 2. The van der Waals surface area contributed by atoms with Gasteiger partial charge in [0, 0.05) is 17.1 Å². The van der Waals surface area contributed by atoms with Gasteiger partial charge in [-0.15, -0.1) is 0 Å². The molecule has 0 radical (unpaired) electrons. The molecule has 4 rings (SSSR count). The summed E-state index contributed by atoms with van der Waals surface area (Å²) in [6, 6.07) is 15.9. The quantitative estimate of drug-likeness (QED) is 0.779. The summed E-state index contributed by atoms with van der Waals surface area (Å²) in [6.07, 6.45) is 2.00. The van der Waals surface area contributed by atoms with Gasteiger partial charge >= 0.3 is 0 Å². The third-order valence-corrected chi connectivity index (χ3v) is 4.77. The highest BCUT2D eigenvalue weighted by molar-refractivity contribution is 6.30. The maximum absolute atomic E-state index is 12.7. The number of fused-ring (bicyclic) bond motifs is 3. The molecule has 1 fully saturated rings. The van der Waals surface area contributed by atoms with Crippen molar-refractivity contribution < 1.29 is 4.79 Å². The lowest BCUT2D eigenvalue weighted by molar-refractivity contribution is 0.0711. The third-order valence-electron chi connectivity index (χ3n) is 4.54. The normalized spacial score (nSPS) is 23.9. The van der Waals surface area contributed by atoms with Gasteiger partial charge in [-0.3, -0.25) is 4.79 Å². The van der Waals surface area contributed by atoms with Crippen LogP contribution in [-0.4, -0.2) is 17.4 Å². The first-order valence-corrected chi connectivity index (χ1v) is 7.29. The SMILES string of the molecule is O=C1c2ccc(Cl)cc2C2(c3ccccc3)CCCN12. The Hall–Kier alpha value is -1.80. The number of hydrogen-bond acceptors (Lipinski definition) is 1. The molecular weight excluding hydrogens is 270 g/mol. The number of nitrogens with zero attached hydrogens (tertiary/aromatic N) is 1. The van der Waals surface area contributed by atoms with Gasteiger partial charge in [-0.05, 0) is 42.2 Å². The Labute approximate surface area is 123 Å². The summed E-state index contributed by atoms with van der Waals surface area (Å²) in [4.78, 5) is 14.7. The van der Waals surface area contributed by atoms with Gasteiger partial charge in [0.05, 0.1) is 5.54 Å². The molecule has 0 bridgehead atoms. The molecule has 1 saturated heterocycles. The molecule has 2 aliphatic heterocycles. The number of carbonyl (C=O) groups excluding carboxylic acids is 1. The molecule has 1 unspecified atom stereocenters. The second kappa shape index (κ2) is 4.10. The molecule has 0 spiro atoms. The summed E-state index contributed by atoms with van der Waals surface area (Å²) in [7, 11) is 0. The average molecular weight is 284 g/mol. The van der Waals surface area contributed by atoms with E-state index >= 15 is 0 Å². The lowest BCUT2D eigenvalue weighted by atomic mass is 9.81. The Morgan fingerprint density at radius 3 is 2.70 bits per heavy atom. The Morgan fingerprint density at radius 1 is 1.10 bits per heavy atom. The molecule has 3 heteroatoms. The predicted octanol–water partition coefficient (Wildman–Crippen LogP) is 3.83. The van der Waals surface area contributed by atoms with Crippen LogP contribution in [0.25, 0.3) is 0 Å². The molecule has 1 amide bonds. The van der Waals surface area contributed by atoms with Crippen molar-refractivity contribution in [3.63, 3.8) is 0 Å². The lowest BCUT2D eigenvalue weighted by Crippen LogP contribution is -2.39. The molecule has 0 aliphatic carbocycles. The molecule has 0 aromatic heterocycles. The van der Waals surface area contributed by atoms with E-state index in [4.69, 9.17) is 11.6 Å². The van der Waals surface area contributed by atoms with Crippen molar-refractivity contribution in [2.24, 2.45) is 0 Å². The fourth-order valence-electron chi connectivity index (χ4n) is 3.73. The molecule has 2 heterocycles. The Bertz CT molecular complexity index is 697. The predicted molar refractivity (Wildman–Crippen MR) is 78.9 cm³/mol. The Balaban J connectivity index is 2.03. The molecule has 100 valence electrons. The van der Waals surface area contributed by atoms with Crippen LogP contribution >= 0.6 is 11.6 Å². The monoisotopic (exact) mass is 283 g/mol. The van der Waals surface area contributed by atoms with E-state index in [1.54, 1.807) is 6.07 Å². The number of carbonyl (C=O) groups is 1. The maximum atomic E-state index is 12.7. The largest absolute Gasteiger partial charge is 0.325 e. The summed E-state index contributed by atoms with van der Waals surface area (Å²) in [5.74, 6) is 0.137. The first-order chi connectivity index (χ1) is 9.73. The summed E-state index contributed by atoms with van der Waals surface area (Å²) in [5.41, 5.74) is 2.75. The van der Waals surface area contributed by atoms with Crippen LogP contribution in [0.1, 0.15) is 34.3 Å². The first-order valence-electron chi connectivity index (χ1n) is 6.91. The molecule has 20 heavy (non-hydrogen) atoms. The number of hydrogen-bond donors (Lipinski definition) is 0. The number of rotatable bonds is 1. The first kappa shape index (κ1) is 12.0. The van der Waals surface area contributed by atoms with Crippen molar-refractivity contribution in [1.29, 1.82) is 0 Å². The van der Waals surface area contributed by atoms with Crippen LogP contribution in [0.5, 0.6) is 0 Å². The van der Waals surface area contributed by atoms with Crippen molar-refractivity contribution in [1.82, 2.24) is 4.90 Å². The molecule has 2 nitrogen and oxygen atoms in total. The van der Waals surface area contributed by atoms with Gasteiger partial charge in [-0.1, -0.05) is 41.9 Å². The van der Waals surface area contributed by atoms with E-state index in [9.17, 15) is 4.79 Å². The van der Waals surface area contributed by atoms with Crippen molar-refractivity contribution in [2.45, 2.75) is 18.4 Å². The number of amides is 1. The van der Waals surface area contributed by atoms with Gasteiger partial charge < -0.3 is 4.90 Å². The number of halogens is 1. The minimum Gasteiger partial charge on any atom is -0.325 e. The molecular formula is C17H14ClNO. The highest BCUT2D eigenvalue weighted by atomic mass is 35.5. The van der Waals surface area contributed by atoms with E-state index in [0.29, 0.717) is 5.02 Å². The van der Waals surface area contributed by atoms with Crippen molar-refractivity contribution >= 4 is 17.5 Å². The Kier molecular flexibility index (Phi) is 2.45. The molecule has 2 aromatic rings. The van der Waals surface area contributed by atoms with Gasteiger partial charge in [-0.25, -0.2) is 0 Å². The summed E-state index contributed by atoms with van der Waals surface area (Å²) in [6.45, 7) is 0.819. The van der Waals surface area contributed by atoms with Crippen LogP contribution in [-0.2, 0) is 5.54 Å². The third kappa shape index (κ3) is 1.37. The topological polar surface area (TPSA) is 20.3 Å². The highest BCUT2D eigenvalue weighted by Crippen LogP contribution is 2.51. The van der Waals surface area contributed by atoms with Crippen LogP contribution in [0, 0.1) is 0 Å². The van der Waals surface area contributed by atoms with Crippen LogP contribution in [0.2, 0.25) is 5.02 Å². The minimum atomic E-state index is -0.307. The van der Waals surface area contributed by atoms with Gasteiger partial charge in [0.25, 0.3) is 5.91 Å². The second-order valence-electron chi connectivity index (χ2n) is 5.48. The van der Waals surface area contributed by atoms with Crippen LogP contribution in [0.15, 0.2) is 48.5 Å². The van der Waals surface area contributed by atoms with E-state index in [-0.39, 0.29) is 11.4 Å². The van der Waals surface area contributed by atoms with Crippen molar-refractivity contribution in [2.75, 3.05) is 6.54 Å². The van der Waals surface area contributed by atoms with Crippen LogP contribution < -0.4 is 0 Å².